The highest BCUT2D eigenvalue weighted by atomic mass is 32.2. The minimum atomic E-state index is -0.844. The van der Waals surface area contributed by atoms with Crippen LogP contribution in [0, 0.1) is 0 Å². The molecule has 0 radical (unpaired) electrons. The summed E-state index contributed by atoms with van der Waals surface area (Å²) < 4.78 is 11.7. The molecular weight excluding hydrogens is 448 g/mol. The van der Waals surface area contributed by atoms with Crippen molar-refractivity contribution in [2.24, 2.45) is 0 Å². The molecule has 3 aromatic carbocycles. The summed E-state index contributed by atoms with van der Waals surface area (Å²) in [7, 11) is 0. The molecule has 0 bridgehead atoms. The van der Waals surface area contributed by atoms with Crippen molar-refractivity contribution in [3.05, 3.63) is 89.5 Å². The molecule has 0 unspecified atom stereocenters. The summed E-state index contributed by atoms with van der Waals surface area (Å²) in [6.07, 6.45) is 3.52. The number of carbonyl (C=O) groups is 2. The summed E-state index contributed by atoms with van der Waals surface area (Å²) in [5, 5.41) is 8.85. The number of rotatable bonds is 13. The summed E-state index contributed by atoms with van der Waals surface area (Å²) in [5.74, 6) is 0.718. The highest BCUT2D eigenvalue weighted by molar-refractivity contribution is 8.14. The van der Waals surface area contributed by atoms with E-state index in [9.17, 15) is 9.59 Å². The fourth-order valence-electron chi connectivity index (χ4n) is 3.42. The average molecular weight is 479 g/mol. The topological polar surface area (TPSA) is 72.8 Å². The van der Waals surface area contributed by atoms with Crippen LogP contribution in [0.5, 0.6) is 11.5 Å². The van der Waals surface area contributed by atoms with Gasteiger partial charge in [-0.3, -0.25) is 9.59 Å². The molecule has 0 saturated heterocycles. The minimum Gasteiger partial charge on any atom is -0.494 e. The summed E-state index contributed by atoms with van der Waals surface area (Å²) in [5.41, 5.74) is 2.50. The number of unbranched alkanes of at least 4 members (excludes halogenated alkanes) is 1. The van der Waals surface area contributed by atoms with Crippen LogP contribution >= 0.6 is 11.8 Å². The number of ether oxygens (including phenoxy) is 2. The standard InChI is InChI=1S/C28H30O5S/c1-2-8-22-20-23(28(31)34-25-9-4-3-5-10-25)13-16-26(22)33-18-7-6-17-32-24-14-11-21(12-15-24)19-27(29)30/h3-5,9-16,20H,2,6-8,17-19H2,1H3,(H,29,30). The third-order valence-electron chi connectivity index (χ3n) is 5.11. The molecule has 5 nitrogen and oxygen atoms in total. The van der Waals surface area contributed by atoms with E-state index >= 15 is 0 Å². The average Bonchev–Trinajstić information content (AvgIpc) is 2.83. The van der Waals surface area contributed by atoms with E-state index in [0.29, 0.717) is 18.8 Å². The van der Waals surface area contributed by atoms with Crippen LogP contribution in [-0.4, -0.2) is 29.4 Å². The van der Waals surface area contributed by atoms with E-state index in [-0.39, 0.29) is 11.5 Å². The van der Waals surface area contributed by atoms with Crippen LogP contribution in [0.1, 0.15) is 47.7 Å². The Hall–Kier alpha value is -3.25. The number of aliphatic carboxylic acids is 1. The Bertz CT molecular complexity index is 1060. The van der Waals surface area contributed by atoms with E-state index in [4.69, 9.17) is 14.6 Å². The third-order valence-corrected chi connectivity index (χ3v) is 6.04. The van der Waals surface area contributed by atoms with Gasteiger partial charge in [-0.1, -0.05) is 43.7 Å². The van der Waals surface area contributed by atoms with Crippen LogP contribution in [0.15, 0.2) is 77.7 Å². The van der Waals surface area contributed by atoms with Crippen molar-refractivity contribution in [3.63, 3.8) is 0 Å². The molecule has 3 rings (SSSR count). The summed E-state index contributed by atoms with van der Waals surface area (Å²) in [6, 6.07) is 22.5. The van der Waals surface area contributed by atoms with E-state index in [1.165, 1.54) is 11.8 Å². The molecule has 0 atom stereocenters. The van der Waals surface area contributed by atoms with Crippen LogP contribution in [0.25, 0.3) is 0 Å². The largest absolute Gasteiger partial charge is 0.494 e. The number of carbonyl (C=O) groups excluding carboxylic acids is 1. The van der Waals surface area contributed by atoms with Gasteiger partial charge in [0.1, 0.15) is 11.5 Å². The number of thioether (sulfide) groups is 1. The number of carboxylic acids is 1. The Morgan fingerprint density at radius 3 is 2.26 bits per heavy atom. The summed E-state index contributed by atoms with van der Waals surface area (Å²) in [6.45, 7) is 3.25. The zero-order chi connectivity index (χ0) is 24.2. The molecular formula is C28H30O5S. The smallest absolute Gasteiger partial charge is 0.307 e. The highest BCUT2D eigenvalue weighted by Crippen LogP contribution is 2.27. The van der Waals surface area contributed by atoms with E-state index < -0.39 is 5.97 Å². The van der Waals surface area contributed by atoms with Gasteiger partial charge >= 0.3 is 5.97 Å². The lowest BCUT2D eigenvalue weighted by Crippen LogP contribution is -2.05. The normalized spacial score (nSPS) is 10.6. The van der Waals surface area contributed by atoms with E-state index in [1.807, 2.05) is 48.5 Å². The molecule has 1 N–H and O–H groups in total. The van der Waals surface area contributed by atoms with Crippen molar-refractivity contribution < 1.29 is 24.2 Å². The van der Waals surface area contributed by atoms with Gasteiger partial charge in [-0.05, 0) is 84.6 Å². The molecule has 0 heterocycles. The number of benzene rings is 3. The highest BCUT2D eigenvalue weighted by Gasteiger charge is 2.12. The van der Waals surface area contributed by atoms with Gasteiger partial charge < -0.3 is 14.6 Å². The predicted octanol–water partition coefficient (Wildman–Crippen LogP) is 6.44. The first kappa shape index (κ1) is 25.4. The second-order valence-electron chi connectivity index (χ2n) is 7.89. The van der Waals surface area contributed by atoms with Crippen molar-refractivity contribution in [2.45, 2.75) is 43.9 Å². The second-order valence-corrected chi connectivity index (χ2v) is 8.94. The molecule has 0 aliphatic heterocycles. The van der Waals surface area contributed by atoms with Gasteiger partial charge in [0.15, 0.2) is 0 Å². The first-order valence-electron chi connectivity index (χ1n) is 11.5. The van der Waals surface area contributed by atoms with Crippen LogP contribution in [-0.2, 0) is 17.6 Å². The van der Waals surface area contributed by atoms with Gasteiger partial charge in [0.2, 0.25) is 5.12 Å². The first-order chi connectivity index (χ1) is 16.5. The van der Waals surface area contributed by atoms with Crippen LogP contribution in [0.3, 0.4) is 0 Å². The third kappa shape index (κ3) is 8.27. The Kier molecular flexibility index (Phi) is 10.0. The monoisotopic (exact) mass is 478 g/mol. The Morgan fingerprint density at radius 2 is 1.59 bits per heavy atom. The molecule has 3 aromatic rings. The maximum Gasteiger partial charge on any atom is 0.307 e. The molecule has 0 amide bonds. The number of hydrogen-bond acceptors (Lipinski definition) is 5. The fraction of sp³-hybridized carbons (Fsp3) is 0.286. The summed E-state index contributed by atoms with van der Waals surface area (Å²) >= 11 is 1.24. The fourth-order valence-corrected chi connectivity index (χ4v) is 4.17. The molecule has 0 aliphatic rings. The predicted molar refractivity (Wildman–Crippen MR) is 135 cm³/mol. The lowest BCUT2D eigenvalue weighted by molar-refractivity contribution is -0.136. The Labute approximate surface area is 205 Å². The molecule has 0 spiro atoms. The number of carboxylic acid groups (broad SMARTS) is 1. The zero-order valence-electron chi connectivity index (χ0n) is 19.4. The van der Waals surface area contributed by atoms with E-state index in [1.54, 1.807) is 24.3 Å². The lowest BCUT2D eigenvalue weighted by atomic mass is 10.1. The van der Waals surface area contributed by atoms with Crippen LogP contribution < -0.4 is 9.47 Å². The minimum absolute atomic E-state index is 0.0125. The maximum absolute atomic E-state index is 12.7. The van der Waals surface area contributed by atoms with Crippen molar-refractivity contribution in [2.75, 3.05) is 13.2 Å². The van der Waals surface area contributed by atoms with Gasteiger partial charge in [0, 0.05) is 10.5 Å². The first-order valence-corrected chi connectivity index (χ1v) is 12.3. The molecule has 178 valence electrons. The SMILES string of the molecule is CCCc1cc(C(=O)Sc2ccccc2)ccc1OCCCCOc1ccc(CC(=O)O)cc1. The molecule has 34 heavy (non-hydrogen) atoms. The molecule has 0 aromatic heterocycles. The number of aryl methyl sites for hydroxylation is 1. The second kappa shape index (κ2) is 13.5. The lowest BCUT2D eigenvalue weighted by Gasteiger charge is -2.13. The number of hydrogen-bond donors (Lipinski definition) is 1. The van der Waals surface area contributed by atoms with E-state index in [0.717, 1.165) is 53.2 Å². The Balaban J connectivity index is 1.44. The summed E-state index contributed by atoms with van der Waals surface area (Å²) in [4.78, 5) is 24.4. The van der Waals surface area contributed by atoms with Crippen molar-refractivity contribution >= 4 is 22.8 Å². The van der Waals surface area contributed by atoms with Gasteiger partial charge in [0.25, 0.3) is 0 Å². The maximum atomic E-state index is 12.7. The van der Waals surface area contributed by atoms with Crippen molar-refractivity contribution in [1.29, 1.82) is 0 Å². The van der Waals surface area contributed by atoms with Crippen LogP contribution in [0.4, 0.5) is 0 Å². The molecule has 0 fully saturated rings. The van der Waals surface area contributed by atoms with Gasteiger partial charge in [-0.15, -0.1) is 0 Å². The zero-order valence-corrected chi connectivity index (χ0v) is 20.2. The quantitative estimate of drug-likeness (QED) is 0.225. The van der Waals surface area contributed by atoms with Crippen LogP contribution in [0.2, 0.25) is 0 Å². The molecule has 0 aliphatic carbocycles. The van der Waals surface area contributed by atoms with Gasteiger partial charge in [0.05, 0.1) is 19.6 Å². The van der Waals surface area contributed by atoms with Crippen molar-refractivity contribution in [3.8, 4) is 11.5 Å². The Morgan fingerprint density at radius 1 is 0.882 bits per heavy atom. The molecule has 0 saturated carbocycles. The van der Waals surface area contributed by atoms with Gasteiger partial charge in [-0.25, -0.2) is 0 Å². The van der Waals surface area contributed by atoms with E-state index in [2.05, 4.69) is 6.92 Å². The van der Waals surface area contributed by atoms with Gasteiger partial charge in [-0.2, -0.15) is 0 Å². The molecule has 6 heteroatoms. The van der Waals surface area contributed by atoms with Crippen molar-refractivity contribution in [1.82, 2.24) is 0 Å².